The number of amides is 1. The van der Waals surface area contributed by atoms with E-state index in [1.54, 1.807) is 13.2 Å². The summed E-state index contributed by atoms with van der Waals surface area (Å²) in [5, 5.41) is 2.93. The van der Waals surface area contributed by atoms with E-state index in [1.165, 1.54) is 0 Å². The van der Waals surface area contributed by atoms with Crippen LogP contribution in [0.2, 0.25) is 0 Å². The quantitative estimate of drug-likeness (QED) is 0.799. The van der Waals surface area contributed by atoms with E-state index in [-0.39, 0.29) is 5.91 Å². The van der Waals surface area contributed by atoms with E-state index in [4.69, 9.17) is 4.74 Å². The van der Waals surface area contributed by atoms with Gasteiger partial charge in [-0.15, -0.1) is 0 Å². The number of nitrogens with zero attached hydrogens (tertiary/aromatic N) is 3. The number of aromatic nitrogens is 2. The van der Waals surface area contributed by atoms with Crippen LogP contribution in [0.4, 0.5) is 5.95 Å². The van der Waals surface area contributed by atoms with Crippen LogP contribution in [0.25, 0.3) is 0 Å². The van der Waals surface area contributed by atoms with E-state index in [2.05, 4.69) is 15.3 Å². The van der Waals surface area contributed by atoms with Crippen LogP contribution >= 0.6 is 0 Å². The Kier molecular flexibility index (Phi) is 6.74. The maximum absolute atomic E-state index is 12.4. The number of ether oxygens (including phenoxy) is 1. The molecule has 1 aromatic carbocycles. The highest BCUT2D eigenvalue weighted by Crippen LogP contribution is 2.12. The molecule has 0 atom stereocenters. The third-order valence-corrected chi connectivity index (χ3v) is 3.98. The van der Waals surface area contributed by atoms with Crippen molar-refractivity contribution < 1.29 is 9.53 Å². The lowest BCUT2D eigenvalue weighted by Crippen LogP contribution is -2.29. The zero-order valence-corrected chi connectivity index (χ0v) is 15.4. The smallest absolute Gasteiger partial charge is 0.270 e. The Hall–Kier alpha value is -2.63. The summed E-state index contributed by atoms with van der Waals surface area (Å²) in [6.07, 6.45) is 0.753. The zero-order valence-electron chi connectivity index (χ0n) is 15.4. The van der Waals surface area contributed by atoms with Crippen molar-refractivity contribution in [2.75, 3.05) is 31.6 Å². The molecule has 0 unspecified atom stereocenters. The number of nitrogens with one attached hydrogen (secondary N) is 1. The fourth-order valence-electron chi connectivity index (χ4n) is 2.52. The highest BCUT2D eigenvalue weighted by atomic mass is 16.5. The van der Waals surface area contributed by atoms with Crippen LogP contribution in [0.15, 0.2) is 30.3 Å². The topological polar surface area (TPSA) is 67.4 Å². The molecular formula is C19H26N4O2. The molecule has 0 aliphatic rings. The van der Waals surface area contributed by atoms with Crippen molar-refractivity contribution in [3.05, 3.63) is 47.3 Å². The Morgan fingerprint density at radius 1 is 1.16 bits per heavy atom. The second-order valence-corrected chi connectivity index (χ2v) is 5.72. The molecule has 2 rings (SSSR count). The van der Waals surface area contributed by atoms with Gasteiger partial charge in [0.1, 0.15) is 11.4 Å². The SMILES string of the molecule is CCN(CC)c1nc(C)cc(C(=O)NCCc2ccc(OC)cc2)n1. The molecule has 6 heteroatoms. The van der Waals surface area contributed by atoms with Gasteiger partial charge in [-0.05, 0) is 51.0 Å². The van der Waals surface area contributed by atoms with Gasteiger partial charge in [0.2, 0.25) is 5.95 Å². The summed E-state index contributed by atoms with van der Waals surface area (Å²) in [6.45, 7) is 8.13. The molecule has 6 nitrogen and oxygen atoms in total. The average molecular weight is 342 g/mol. The lowest BCUT2D eigenvalue weighted by Gasteiger charge is -2.19. The molecule has 134 valence electrons. The van der Waals surface area contributed by atoms with Gasteiger partial charge in [-0.25, -0.2) is 9.97 Å². The van der Waals surface area contributed by atoms with Crippen LogP contribution < -0.4 is 15.0 Å². The van der Waals surface area contributed by atoms with Crippen molar-refractivity contribution in [3.8, 4) is 5.75 Å². The number of methoxy groups -OCH3 is 1. The third kappa shape index (κ3) is 5.17. The Labute approximate surface area is 149 Å². The molecular weight excluding hydrogens is 316 g/mol. The van der Waals surface area contributed by atoms with Gasteiger partial charge in [0.25, 0.3) is 5.91 Å². The fourth-order valence-corrected chi connectivity index (χ4v) is 2.52. The minimum Gasteiger partial charge on any atom is -0.497 e. The molecule has 0 saturated heterocycles. The number of benzene rings is 1. The summed E-state index contributed by atoms with van der Waals surface area (Å²) in [6, 6.07) is 9.55. The monoisotopic (exact) mass is 342 g/mol. The molecule has 1 aromatic heterocycles. The largest absolute Gasteiger partial charge is 0.497 e. The standard InChI is InChI=1S/C19H26N4O2/c1-5-23(6-2)19-21-14(3)13-17(22-19)18(24)20-12-11-15-7-9-16(25-4)10-8-15/h7-10,13H,5-6,11-12H2,1-4H3,(H,20,24). The van der Waals surface area contributed by atoms with E-state index in [0.717, 1.165) is 36.5 Å². The number of aryl methyl sites for hydroxylation is 1. The van der Waals surface area contributed by atoms with Crippen molar-refractivity contribution >= 4 is 11.9 Å². The van der Waals surface area contributed by atoms with Gasteiger partial charge in [-0.1, -0.05) is 12.1 Å². The van der Waals surface area contributed by atoms with Crippen LogP contribution in [-0.4, -0.2) is 42.6 Å². The molecule has 1 N–H and O–H groups in total. The molecule has 0 aliphatic heterocycles. The van der Waals surface area contributed by atoms with E-state index in [1.807, 2.05) is 49.9 Å². The number of carbonyl (C=O) groups excluding carboxylic acids is 1. The molecule has 0 radical (unpaired) electrons. The van der Waals surface area contributed by atoms with Crippen molar-refractivity contribution in [1.82, 2.24) is 15.3 Å². The molecule has 0 aliphatic carbocycles. The second-order valence-electron chi connectivity index (χ2n) is 5.72. The number of rotatable bonds is 8. The molecule has 25 heavy (non-hydrogen) atoms. The summed E-state index contributed by atoms with van der Waals surface area (Å²) in [4.78, 5) is 23.3. The van der Waals surface area contributed by atoms with E-state index < -0.39 is 0 Å². The van der Waals surface area contributed by atoms with Crippen LogP contribution in [0.1, 0.15) is 35.6 Å². The Morgan fingerprint density at radius 3 is 2.44 bits per heavy atom. The van der Waals surface area contributed by atoms with E-state index >= 15 is 0 Å². The van der Waals surface area contributed by atoms with Crippen molar-refractivity contribution in [2.45, 2.75) is 27.2 Å². The minimum atomic E-state index is -0.174. The number of hydrogen-bond donors (Lipinski definition) is 1. The number of anilines is 1. The van der Waals surface area contributed by atoms with Crippen LogP contribution in [0.5, 0.6) is 5.75 Å². The molecule has 0 spiro atoms. The predicted octanol–water partition coefficient (Wildman–Crippen LogP) is 2.61. The molecule has 1 heterocycles. The molecule has 0 fully saturated rings. The second kappa shape index (κ2) is 9.01. The normalized spacial score (nSPS) is 10.4. The lowest BCUT2D eigenvalue weighted by atomic mass is 10.1. The number of hydrogen-bond acceptors (Lipinski definition) is 5. The van der Waals surface area contributed by atoms with Gasteiger partial charge in [-0.3, -0.25) is 4.79 Å². The first-order valence-electron chi connectivity index (χ1n) is 8.59. The highest BCUT2D eigenvalue weighted by Gasteiger charge is 2.13. The third-order valence-electron chi connectivity index (χ3n) is 3.98. The molecule has 1 amide bonds. The fraction of sp³-hybridized carbons (Fsp3) is 0.421. The zero-order chi connectivity index (χ0) is 18.2. The summed E-state index contributed by atoms with van der Waals surface area (Å²) < 4.78 is 5.14. The molecule has 0 bridgehead atoms. The summed E-state index contributed by atoms with van der Waals surface area (Å²) in [5.74, 6) is 1.26. The van der Waals surface area contributed by atoms with Crippen LogP contribution in [0, 0.1) is 6.92 Å². The molecule has 0 saturated carbocycles. The van der Waals surface area contributed by atoms with Gasteiger partial charge >= 0.3 is 0 Å². The van der Waals surface area contributed by atoms with Gasteiger partial charge < -0.3 is 15.0 Å². The summed E-state index contributed by atoms with van der Waals surface area (Å²) in [5.41, 5.74) is 2.34. The van der Waals surface area contributed by atoms with Gasteiger partial charge in [-0.2, -0.15) is 0 Å². The van der Waals surface area contributed by atoms with Gasteiger partial charge in [0.15, 0.2) is 0 Å². The Morgan fingerprint density at radius 2 is 1.84 bits per heavy atom. The first-order valence-corrected chi connectivity index (χ1v) is 8.59. The predicted molar refractivity (Wildman–Crippen MR) is 99.4 cm³/mol. The summed E-state index contributed by atoms with van der Waals surface area (Å²) in [7, 11) is 1.64. The van der Waals surface area contributed by atoms with E-state index in [9.17, 15) is 4.79 Å². The highest BCUT2D eigenvalue weighted by molar-refractivity contribution is 5.92. The Bertz CT molecular complexity index is 697. The number of carbonyl (C=O) groups is 1. The molecule has 2 aromatic rings. The van der Waals surface area contributed by atoms with Crippen molar-refractivity contribution in [2.24, 2.45) is 0 Å². The summed E-state index contributed by atoms with van der Waals surface area (Å²) >= 11 is 0. The minimum absolute atomic E-state index is 0.174. The Balaban J connectivity index is 1.97. The maximum atomic E-state index is 12.4. The first-order chi connectivity index (χ1) is 12.1. The van der Waals surface area contributed by atoms with Crippen molar-refractivity contribution in [3.63, 3.8) is 0 Å². The van der Waals surface area contributed by atoms with Crippen LogP contribution in [-0.2, 0) is 6.42 Å². The maximum Gasteiger partial charge on any atom is 0.270 e. The lowest BCUT2D eigenvalue weighted by molar-refractivity contribution is 0.0949. The average Bonchev–Trinajstić information content (AvgIpc) is 2.63. The van der Waals surface area contributed by atoms with E-state index in [0.29, 0.717) is 18.2 Å². The van der Waals surface area contributed by atoms with Crippen LogP contribution in [0.3, 0.4) is 0 Å². The van der Waals surface area contributed by atoms with Gasteiger partial charge in [0.05, 0.1) is 7.11 Å². The van der Waals surface area contributed by atoms with Gasteiger partial charge in [0, 0.05) is 25.3 Å². The first kappa shape index (κ1) is 18.7. The van der Waals surface area contributed by atoms with Crippen molar-refractivity contribution in [1.29, 1.82) is 0 Å².